The third-order valence-electron chi connectivity index (χ3n) is 4.37. The van der Waals surface area contributed by atoms with Crippen molar-refractivity contribution in [2.45, 2.75) is 44.6 Å². The molecule has 0 saturated carbocycles. The van der Waals surface area contributed by atoms with Crippen LogP contribution in [0.1, 0.15) is 32.8 Å². The van der Waals surface area contributed by atoms with Crippen LogP contribution in [-0.4, -0.2) is 26.4 Å². The predicted octanol–water partition coefficient (Wildman–Crippen LogP) is 3.63. The summed E-state index contributed by atoms with van der Waals surface area (Å²) in [7, 11) is -3.99. The van der Waals surface area contributed by atoms with Crippen molar-refractivity contribution in [3.8, 4) is 0 Å². The topological polar surface area (TPSA) is 66.5 Å². The Morgan fingerprint density at radius 2 is 1.63 bits per heavy atom. The molecular weight excluding hydrogens is 367 g/mol. The van der Waals surface area contributed by atoms with Gasteiger partial charge in [-0.15, -0.1) is 0 Å². The highest BCUT2D eigenvalue weighted by Gasteiger charge is 2.28. The number of carbonyl (C=O) groups is 1. The molecule has 27 heavy (non-hydrogen) atoms. The van der Waals surface area contributed by atoms with Crippen LogP contribution in [0.15, 0.2) is 53.4 Å². The summed E-state index contributed by atoms with van der Waals surface area (Å²) >= 11 is 0. The first-order chi connectivity index (χ1) is 12.5. The number of amides is 1. The van der Waals surface area contributed by atoms with Crippen molar-refractivity contribution in [2.24, 2.45) is 0 Å². The quantitative estimate of drug-likeness (QED) is 0.782. The van der Waals surface area contributed by atoms with Crippen molar-refractivity contribution in [3.05, 3.63) is 59.9 Å². The third kappa shape index (κ3) is 5.29. The standard InChI is InChI=1S/C20H25FN2O3S/c1-5-20(3,4)22-19(24)14-23(17-10-8-16(21)9-11-17)27(25,26)18-12-6-15(2)7-13-18/h6-13H,5,14H2,1-4H3,(H,22,24). The number of halogens is 1. The third-order valence-corrected chi connectivity index (χ3v) is 6.16. The Labute approximate surface area is 160 Å². The van der Waals surface area contributed by atoms with Gasteiger partial charge in [0, 0.05) is 5.54 Å². The maximum Gasteiger partial charge on any atom is 0.264 e. The average Bonchev–Trinajstić information content (AvgIpc) is 2.60. The van der Waals surface area contributed by atoms with Gasteiger partial charge in [0.1, 0.15) is 12.4 Å². The molecule has 0 aliphatic heterocycles. The summed E-state index contributed by atoms with van der Waals surface area (Å²) < 4.78 is 40.6. The minimum absolute atomic E-state index is 0.0694. The molecule has 0 heterocycles. The van der Waals surface area contributed by atoms with Gasteiger partial charge in [-0.05, 0) is 63.6 Å². The molecule has 2 rings (SSSR count). The summed E-state index contributed by atoms with van der Waals surface area (Å²) in [4.78, 5) is 12.6. The molecular formula is C20H25FN2O3S. The largest absolute Gasteiger partial charge is 0.350 e. The minimum atomic E-state index is -3.99. The van der Waals surface area contributed by atoms with E-state index in [1.165, 1.54) is 36.4 Å². The van der Waals surface area contributed by atoms with E-state index in [1.54, 1.807) is 12.1 Å². The zero-order valence-corrected chi connectivity index (χ0v) is 16.8. The van der Waals surface area contributed by atoms with Gasteiger partial charge in [-0.25, -0.2) is 12.8 Å². The first-order valence-electron chi connectivity index (χ1n) is 8.71. The summed E-state index contributed by atoms with van der Waals surface area (Å²) in [6.45, 7) is 7.12. The summed E-state index contributed by atoms with van der Waals surface area (Å²) in [5.41, 5.74) is 0.685. The Morgan fingerprint density at radius 1 is 1.07 bits per heavy atom. The Bertz CT molecular complexity index is 892. The van der Waals surface area contributed by atoms with Gasteiger partial charge < -0.3 is 5.32 Å². The van der Waals surface area contributed by atoms with Crippen LogP contribution in [0.2, 0.25) is 0 Å². The number of nitrogens with one attached hydrogen (secondary N) is 1. The van der Waals surface area contributed by atoms with E-state index < -0.39 is 33.8 Å². The molecule has 0 aliphatic carbocycles. The van der Waals surface area contributed by atoms with E-state index in [9.17, 15) is 17.6 Å². The highest BCUT2D eigenvalue weighted by atomic mass is 32.2. The summed E-state index contributed by atoms with van der Waals surface area (Å²) in [5.74, 6) is -0.912. The number of hydrogen-bond acceptors (Lipinski definition) is 3. The van der Waals surface area contributed by atoms with Gasteiger partial charge in [0.2, 0.25) is 5.91 Å². The highest BCUT2D eigenvalue weighted by Crippen LogP contribution is 2.24. The molecule has 7 heteroatoms. The van der Waals surface area contributed by atoms with Crippen LogP contribution in [0.4, 0.5) is 10.1 Å². The molecule has 0 radical (unpaired) electrons. The van der Waals surface area contributed by atoms with Crippen molar-refractivity contribution >= 4 is 21.6 Å². The number of rotatable bonds is 7. The van der Waals surface area contributed by atoms with E-state index in [-0.39, 0.29) is 10.6 Å². The highest BCUT2D eigenvalue weighted by molar-refractivity contribution is 7.92. The molecule has 0 unspecified atom stereocenters. The lowest BCUT2D eigenvalue weighted by Gasteiger charge is -2.28. The van der Waals surface area contributed by atoms with Gasteiger partial charge in [0.15, 0.2) is 0 Å². The molecule has 1 amide bonds. The fourth-order valence-corrected chi connectivity index (χ4v) is 3.82. The lowest BCUT2D eigenvalue weighted by Crippen LogP contribution is -2.48. The first kappa shape index (κ1) is 20.9. The van der Waals surface area contributed by atoms with E-state index in [1.807, 2.05) is 27.7 Å². The average molecular weight is 392 g/mol. The van der Waals surface area contributed by atoms with E-state index >= 15 is 0 Å². The molecule has 0 fully saturated rings. The second-order valence-corrected chi connectivity index (χ2v) is 8.95. The Kier molecular flexibility index (Phi) is 6.26. The predicted molar refractivity (Wildman–Crippen MR) is 105 cm³/mol. The molecule has 146 valence electrons. The van der Waals surface area contributed by atoms with Gasteiger partial charge in [-0.2, -0.15) is 0 Å². The molecule has 1 N–H and O–H groups in total. The first-order valence-corrected chi connectivity index (χ1v) is 10.1. The van der Waals surface area contributed by atoms with Gasteiger partial charge >= 0.3 is 0 Å². The van der Waals surface area contributed by atoms with Gasteiger partial charge in [0.05, 0.1) is 10.6 Å². The summed E-state index contributed by atoms with van der Waals surface area (Å²) in [6, 6.07) is 11.4. The molecule has 0 bridgehead atoms. The van der Waals surface area contributed by atoms with Crippen LogP contribution in [0, 0.1) is 12.7 Å². The number of benzene rings is 2. The fourth-order valence-electron chi connectivity index (χ4n) is 2.40. The molecule has 2 aromatic rings. The van der Waals surface area contributed by atoms with Crippen LogP contribution in [0.5, 0.6) is 0 Å². The zero-order chi connectivity index (χ0) is 20.2. The maximum absolute atomic E-state index is 13.3. The second-order valence-electron chi connectivity index (χ2n) is 7.09. The number of sulfonamides is 1. The Hall–Kier alpha value is -2.41. The van der Waals surface area contributed by atoms with Crippen molar-refractivity contribution in [1.29, 1.82) is 0 Å². The van der Waals surface area contributed by atoms with E-state index in [0.29, 0.717) is 6.42 Å². The van der Waals surface area contributed by atoms with Crippen molar-refractivity contribution in [3.63, 3.8) is 0 Å². The molecule has 0 atom stereocenters. The van der Waals surface area contributed by atoms with Crippen LogP contribution in [0.3, 0.4) is 0 Å². The smallest absolute Gasteiger partial charge is 0.264 e. The lowest BCUT2D eigenvalue weighted by molar-refractivity contribution is -0.121. The van der Waals surface area contributed by atoms with Crippen LogP contribution < -0.4 is 9.62 Å². The molecule has 0 saturated heterocycles. The Balaban J connectivity index is 2.42. The number of hydrogen-bond donors (Lipinski definition) is 1. The van der Waals surface area contributed by atoms with Crippen molar-refractivity contribution < 1.29 is 17.6 Å². The van der Waals surface area contributed by atoms with Crippen LogP contribution in [0.25, 0.3) is 0 Å². The summed E-state index contributed by atoms with van der Waals surface area (Å²) in [6.07, 6.45) is 0.694. The minimum Gasteiger partial charge on any atom is -0.350 e. The SMILES string of the molecule is CCC(C)(C)NC(=O)CN(c1ccc(F)cc1)S(=O)(=O)c1ccc(C)cc1. The monoisotopic (exact) mass is 392 g/mol. The van der Waals surface area contributed by atoms with Gasteiger partial charge in [-0.3, -0.25) is 9.10 Å². The molecule has 0 aromatic heterocycles. The fraction of sp³-hybridized carbons (Fsp3) is 0.350. The molecule has 2 aromatic carbocycles. The number of anilines is 1. The van der Waals surface area contributed by atoms with Crippen LogP contribution in [-0.2, 0) is 14.8 Å². The lowest BCUT2D eigenvalue weighted by atomic mass is 10.0. The van der Waals surface area contributed by atoms with Crippen molar-refractivity contribution in [2.75, 3.05) is 10.8 Å². The van der Waals surface area contributed by atoms with Gasteiger partial charge in [0.25, 0.3) is 10.0 Å². The number of nitrogens with zero attached hydrogens (tertiary/aromatic N) is 1. The maximum atomic E-state index is 13.3. The number of carbonyl (C=O) groups excluding carboxylic acids is 1. The molecule has 5 nitrogen and oxygen atoms in total. The van der Waals surface area contributed by atoms with Gasteiger partial charge in [-0.1, -0.05) is 24.6 Å². The molecule has 0 aliphatic rings. The van der Waals surface area contributed by atoms with E-state index in [2.05, 4.69) is 5.32 Å². The van der Waals surface area contributed by atoms with Crippen LogP contribution >= 0.6 is 0 Å². The second kappa shape index (κ2) is 8.08. The van der Waals surface area contributed by atoms with Crippen molar-refractivity contribution in [1.82, 2.24) is 5.32 Å². The zero-order valence-electron chi connectivity index (χ0n) is 16.0. The molecule has 0 spiro atoms. The van der Waals surface area contributed by atoms with E-state index in [0.717, 1.165) is 9.87 Å². The Morgan fingerprint density at radius 3 is 2.15 bits per heavy atom. The summed E-state index contributed by atoms with van der Waals surface area (Å²) in [5, 5.41) is 2.83. The van der Waals surface area contributed by atoms with E-state index in [4.69, 9.17) is 0 Å². The normalized spacial score (nSPS) is 11.9. The number of aryl methyl sites for hydroxylation is 1.